The maximum Gasteiger partial charge on any atom is 0.303 e. The molecule has 1 aliphatic carbocycles. The number of hydrogen-bond donors (Lipinski definition) is 0. The molecule has 0 aromatic carbocycles. The van der Waals surface area contributed by atoms with Gasteiger partial charge in [0.05, 0.1) is 6.10 Å². The SMILES string of the molecule is CC(=O)O[C@H]1C=C(Cl)[C@H]2OC(C)(C)O[C@H]2C1. The van der Waals surface area contributed by atoms with Gasteiger partial charge >= 0.3 is 5.97 Å². The second-order valence-electron chi connectivity index (χ2n) is 4.53. The Morgan fingerprint density at radius 2 is 2.25 bits per heavy atom. The number of carbonyl (C=O) groups is 1. The van der Waals surface area contributed by atoms with Crippen LogP contribution in [0.5, 0.6) is 0 Å². The van der Waals surface area contributed by atoms with Crippen molar-refractivity contribution in [3.8, 4) is 0 Å². The van der Waals surface area contributed by atoms with Crippen LogP contribution in [0.15, 0.2) is 11.1 Å². The summed E-state index contributed by atoms with van der Waals surface area (Å²) < 4.78 is 16.5. The molecule has 0 radical (unpaired) electrons. The number of fused-ring (bicyclic) bond motifs is 1. The fourth-order valence-electron chi connectivity index (χ4n) is 2.11. The van der Waals surface area contributed by atoms with E-state index in [1.165, 1.54) is 6.92 Å². The second kappa shape index (κ2) is 4.02. The van der Waals surface area contributed by atoms with Crippen molar-refractivity contribution in [2.75, 3.05) is 0 Å². The van der Waals surface area contributed by atoms with Gasteiger partial charge in [0, 0.05) is 18.4 Å². The highest BCUT2D eigenvalue weighted by Gasteiger charge is 2.46. The van der Waals surface area contributed by atoms with Gasteiger partial charge in [-0.2, -0.15) is 0 Å². The normalized spacial score (nSPS) is 36.5. The van der Waals surface area contributed by atoms with Crippen molar-refractivity contribution in [2.24, 2.45) is 0 Å². The van der Waals surface area contributed by atoms with Crippen molar-refractivity contribution >= 4 is 17.6 Å². The Morgan fingerprint density at radius 1 is 1.56 bits per heavy atom. The molecule has 1 aliphatic heterocycles. The summed E-state index contributed by atoms with van der Waals surface area (Å²) in [6, 6.07) is 0. The van der Waals surface area contributed by atoms with E-state index in [0.29, 0.717) is 11.5 Å². The largest absolute Gasteiger partial charge is 0.458 e. The van der Waals surface area contributed by atoms with Gasteiger partial charge in [0.15, 0.2) is 5.79 Å². The van der Waals surface area contributed by atoms with Gasteiger partial charge in [0.1, 0.15) is 12.2 Å². The van der Waals surface area contributed by atoms with Crippen LogP contribution < -0.4 is 0 Å². The van der Waals surface area contributed by atoms with Crippen LogP contribution in [0.25, 0.3) is 0 Å². The smallest absolute Gasteiger partial charge is 0.303 e. The molecule has 1 saturated heterocycles. The Bertz CT molecular complexity index is 337. The Hall–Kier alpha value is -0.580. The molecule has 16 heavy (non-hydrogen) atoms. The van der Waals surface area contributed by atoms with Crippen LogP contribution >= 0.6 is 11.6 Å². The lowest BCUT2D eigenvalue weighted by molar-refractivity contribution is -0.150. The van der Waals surface area contributed by atoms with Crippen LogP contribution in [0.1, 0.15) is 27.2 Å². The quantitative estimate of drug-likeness (QED) is 0.664. The molecule has 3 atom stereocenters. The zero-order valence-corrected chi connectivity index (χ0v) is 10.3. The van der Waals surface area contributed by atoms with E-state index in [2.05, 4.69) is 0 Å². The minimum atomic E-state index is -0.631. The molecule has 1 fully saturated rings. The Morgan fingerprint density at radius 3 is 2.88 bits per heavy atom. The van der Waals surface area contributed by atoms with Gasteiger partial charge in [-0.05, 0) is 19.9 Å². The van der Waals surface area contributed by atoms with Crippen LogP contribution in [0.3, 0.4) is 0 Å². The second-order valence-corrected chi connectivity index (χ2v) is 4.97. The summed E-state index contributed by atoms with van der Waals surface area (Å²) in [5.74, 6) is -0.948. The number of carbonyl (C=O) groups excluding carboxylic acids is 1. The van der Waals surface area contributed by atoms with Crippen molar-refractivity contribution in [1.29, 1.82) is 0 Å². The molecule has 90 valence electrons. The molecular weight excluding hydrogens is 232 g/mol. The van der Waals surface area contributed by atoms with E-state index in [4.69, 9.17) is 25.8 Å². The highest BCUT2D eigenvalue weighted by Crippen LogP contribution is 2.39. The number of ether oxygens (including phenoxy) is 3. The first-order valence-corrected chi connectivity index (χ1v) is 5.65. The lowest BCUT2D eigenvalue weighted by Crippen LogP contribution is -2.34. The van der Waals surface area contributed by atoms with Crippen molar-refractivity contribution in [2.45, 2.75) is 51.3 Å². The molecule has 0 saturated carbocycles. The standard InChI is InChI=1S/C11H15ClO4/c1-6(13)14-7-4-8(12)10-9(5-7)15-11(2,3)16-10/h4,7,9-10H,5H2,1-3H3/t7-,9-,10+/m0/s1. The third kappa shape index (κ3) is 2.39. The van der Waals surface area contributed by atoms with E-state index < -0.39 is 5.79 Å². The lowest BCUT2D eigenvalue weighted by atomic mass is 9.99. The van der Waals surface area contributed by atoms with E-state index in [0.717, 1.165) is 0 Å². The number of halogens is 1. The van der Waals surface area contributed by atoms with Gasteiger partial charge in [-0.1, -0.05) is 11.6 Å². The predicted octanol–water partition coefficient (Wildman–Crippen LogP) is 1.96. The monoisotopic (exact) mass is 246 g/mol. The summed E-state index contributed by atoms with van der Waals surface area (Å²) in [7, 11) is 0. The molecule has 4 nitrogen and oxygen atoms in total. The molecule has 0 aromatic heterocycles. The molecule has 5 heteroatoms. The zero-order chi connectivity index (χ0) is 11.9. The Balaban J connectivity index is 2.11. The van der Waals surface area contributed by atoms with Gasteiger partial charge in [0.25, 0.3) is 0 Å². The first kappa shape index (κ1) is 11.9. The molecule has 0 unspecified atom stereocenters. The molecule has 0 amide bonds. The van der Waals surface area contributed by atoms with Crippen LogP contribution in [0, 0.1) is 0 Å². The maximum atomic E-state index is 10.9. The van der Waals surface area contributed by atoms with Gasteiger partial charge in [-0.3, -0.25) is 4.79 Å². The summed E-state index contributed by atoms with van der Waals surface area (Å²) >= 11 is 6.09. The van der Waals surface area contributed by atoms with Crippen LogP contribution in [-0.2, 0) is 19.0 Å². The minimum absolute atomic E-state index is 0.142. The minimum Gasteiger partial charge on any atom is -0.458 e. The molecule has 0 spiro atoms. The van der Waals surface area contributed by atoms with Crippen LogP contribution in [-0.4, -0.2) is 30.1 Å². The predicted molar refractivity (Wildman–Crippen MR) is 57.9 cm³/mol. The van der Waals surface area contributed by atoms with E-state index in [1.54, 1.807) is 6.08 Å². The van der Waals surface area contributed by atoms with Gasteiger partial charge in [-0.15, -0.1) is 0 Å². The molecular formula is C11H15ClO4. The van der Waals surface area contributed by atoms with Gasteiger partial charge in [-0.25, -0.2) is 0 Å². The van der Waals surface area contributed by atoms with Crippen molar-refractivity contribution in [3.05, 3.63) is 11.1 Å². The Kier molecular flexibility index (Phi) is 2.99. The number of esters is 1. The zero-order valence-electron chi connectivity index (χ0n) is 9.53. The van der Waals surface area contributed by atoms with Gasteiger partial charge < -0.3 is 14.2 Å². The topological polar surface area (TPSA) is 44.8 Å². The molecule has 0 aromatic rings. The summed E-state index contributed by atoms with van der Waals surface area (Å²) in [6.45, 7) is 5.07. The Labute approximate surface area is 99.5 Å². The summed E-state index contributed by atoms with van der Waals surface area (Å²) in [6.07, 6.45) is 1.61. The fraction of sp³-hybridized carbons (Fsp3) is 0.727. The number of hydrogen-bond acceptors (Lipinski definition) is 4. The lowest BCUT2D eigenvalue weighted by Gasteiger charge is -2.26. The molecule has 2 aliphatic rings. The summed E-state index contributed by atoms with van der Waals surface area (Å²) in [4.78, 5) is 10.9. The first-order valence-electron chi connectivity index (χ1n) is 5.27. The average molecular weight is 247 g/mol. The van der Waals surface area contributed by atoms with Crippen molar-refractivity contribution < 1.29 is 19.0 Å². The van der Waals surface area contributed by atoms with Gasteiger partial charge in [0.2, 0.25) is 0 Å². The van der Waals surface area contributed by atoms with Crippen LogP contribution in [0.4, 0.5) is 0 Å². The highest BCUT2D eigenvalue weighted by atomic mass is 35.5. The summed E-state index contributed by atoms with van der Waals surface area (Å²) in [5, 5.41) is 0.549. The van der Waals surface area contributed by atoms with Crippen molar-refractivity contribution in [1.82, 2.24) is 0 Å². The van der Waals surface area contributed by atoms with E-state index in [1.807, 2.05) is 13.8 Å². The molecule has 2 rings (SSSR count). The first-order chi connectivity index (χ1) is 7.37. The fourth-order valence-corrected chi connectivity index (χ4v) is 2.43. The van der Waals surface area contributed by atoms with Crippen molar-refractivity contribution in [3.63, 3.8) is 0 Å². The highest BCUT2D eigenvalue weighted by molar-refractivity contribution is 6.30. The van der Waals surface area contributed by atoms with Crippen LogP contribution in [0.2, 0.25) is 0 Å². The molecule has 0 N–H and O–H groups in total. The third-order valence-electron chi connectivity index (χ3n) is 2.58. The third-order valence-corrected chi connectivity index (χ3v) is 2.92. The van der Waals surface area contributed by atoms with E-state index >= 15 is 0 Å². The summed E-state index contributed by atoms with van der Waals surface area (Å²) in [5.41, 5.74) is 0. The maximum absolute atomic E-state index is 10.9. The van der Waals surface area contributed by atoms with E-state index in [-0.39, 0.29) is 24.3 Å². The average Bonchev–Trinajstić information content (AvgIpc) is 2.38. The van der Waals surface area contributed by atoms with E-state index in [9.17, 15) is 4.79 Å². The number of rotatable bonds is 1. The molecule has 0 bridgehead atoms. The molecule has 1 heterocycles.